The minimum absolute atomic E-state index is 0.0776. The Morgan fingerprint density at radius 2 is 0.571 bits per heavy atom. The molecule has 0 saturated heterocycles. The molecule has 0 aromatic heterocycles. The van der Waals surface area contributed by atoms with Crippen LogP contribution in [0.15, 0.2) is 48.6 Å². The van der Waals surface area contributed by atoms with Crippen molar-refractivity contribution in [2.75, 3.05) is 13.2 Å². The molecule has 0 aliphatic carbocycles. The van der Waals surface area contributed by atoms with E-state index in [2.05, 4.69) is 69.4 Å². The normalized spacial score (nSPS) is 11.9. The molecule has 0 aromatic carbocycles. The largest absolute Gasteiger partial charge is 0.462 e. The lowest BCUT2D eigenvalue weighted by molar-refractivity contribution is -0.167. The Morgan fingerprint density at radius 1 is 0.317 bits per heavy atom. The van der Waals surface area contributed by atoms with Gasteiger partial charge in [-0.1, -0.05) is 223 Å². The van der Waals surface area contributed by atoms with Gasteiger partial charge in [-0.05, 0) is 83.5 Å². The van der Waals surface area contributed by atoms with Crippen LogP contribution in [-0.4, -0.2) is 37.2 Å². The molecule has 0 saturated carbocycles. The van der Waals surface area contributed by atoms with Crippen molar-refractivity contribution in [3.8, 4) is 0 Å². The molecule has 0 atom stereocenters. The van der Waals surface area contributed by atoms with Crippen LogP contribution in [0, 0.1) is 0 Å². The van der Waals surface area contributed by atoms with Crippen LogP contribution in [0.2, 0.25) is 0 Å². The van der Waals surface area contributed by atoms with Crippen LogP contribution in [0.25, 0.3) is 0 Å². The van der Waals surface area contributed by atoms with E-state index in [-0.39, 0.29) is 31.1 Å². The Hall–Kier alpha value is -2.63. The highest BCUT2D eigenvalue weighted by molar-refractivity contribution is 5.71. The van der Waals surface area contributed by atoms with Crippen molar-refractivity contribution in [1.82, 2.24) is 0 Å². The lowest BCUT2D eigenvalue weighted by Gasteiger charge is -2.18. The van der Waals surface area contributed by atoms with Crippen LogP contribution in [0.5, 0.6) is 0 Å². The molecular weight excluding hydrogens is 781 g/mol. The highest BCUT2D eigenvalue weighted by atomic mass is 16.6. The third-order valence-corrected chi connectivity index (χ3v) is 11.8. The van der Waals surface area contributed by atoms with E-state index in [1.807, 2.05) is 0 Å². The van der Waals surface area contributed by atoms with Gasteiger partial charge in [-0.15, -0.1) is 0 Å². The van der Waals surface area contributed by atoms with Gasteiger partial charge in [-0.25, -0.2) is 0 Å². The highest BCUT2D eigenvalue weighted by Crippen LogP contribution is 2.15. The van der Waals surface area contributed by atoms with E-state index >= 15 is 0 Å². The predicted octanol–water partition coefficient (Wildman–Crippen LogP) is 17.9. The van der Waals surface area contributed by atoms with Crippen LogP contribution in [0.3, 0.4) is 0 Å². The standard InChI is InChI=1S/C57H102O6/c1-4-7-10-13-16-19-22-24-26-28-30-32-35-37-40-43-46-49-55(58)61-52-54(63-57(60)51-48-45-42-39-34-21-18-15-12-9-6-3)53-62-56(59)50-47-44-41-38-36-33-31-29-27-25-23-20-17-14-11-8-5-2/h16-17,19-20,24-27,54H,4-15,18,21-23,28-53H2,1-3H3/b19-16-,20-17-,26-24-,27-25-. The summed E-state index contributed by atoms with van der Waals surface area (Å²) in [6.45, 7) is 6.59. The van der Waals surface area contributed by atoms with Gasteiger partial charge < -0.3 is 14.2 Å². The smallest absolute Gasteiger partial charge is 0.306 e. The topological polar surface area (TPSA) is 78.9 Å². The SMILES string of the molecule is CCCCC/C=C\C/C=C\CCCCCCCCCC(=O)OCC(COC(=O)CCCCCCCCC/C=C\C/C=C\CCCCC)OC(=O)CCCCCCCCCCCCC. The lowest BCUT2D eigenvalue weighted by atomic mass is 10.1. The Balaban J connectivity index is 4.34. The van der Waals surface area contributed by atoms with Gasteiger partial charge in [0.2, 0.25) is 0 Å². The molecule has 0 spiro atoms. The van der Waals surface area contributed by atoms with Gasteiger partial charge in [0.05, 0.1) is 0 Å². The molecule has 0 rings (SSSR count). The van der Waals surface area contributed by atoms with E-state index in [4.69, 9.17) is 14.2 Å². The van der Waals surface area contributed by atoms with Gasteiger partial charge in [-0.3, -0.25) is 14.4 Å². The number of carbonyl (C=O) groups is 3. The molecule has 0 radical (unpaired) electrons. The monoisotopic (exact) mass is 883 g/mol. The van der Waals surface area contributed by atoms with Crippen LogP contribution >= 0.6 is 0 Å². The quantitative estimate of drug-likeness (QED) is 0.0262. The van der Waals surface area contributed by atoms with E-state index in [9.17, 15) is 14.4 Å². The summed E-state index contributed by atoms with van der Waals surface area (Å²) in [5, 5.41) is 0. The fraction of sp³-hybridized carbons (Fsp3) is 0.807. The molecule has 0 aliphatic rings. The second kappa shape index (κ2) is 52.0. The number of unbranched alkanes of at least 4 members (excludes halogenated alkanes) is 30. The van der Waals surface area contributed by atoms with E-state index in [1.165, 1.54) is 154 Å². The zero-order valence-electron chi connectivity index (χ0n) is 41.8. The summed E-state index contributed by atoms with van der Waals surface area (Å²) in [5.74, 6) is -0.883. The third kappa shape index (κ3) is 50.2. The summed E-state index contributed by atoms with van der Waals surface area (Å²) in [5.41, 5.74) is 0. The maximum atomic E-state index is 12.8. The van der Waals surface area contributed by atoms with E-state index in [1.54, 1.807) is 0 Å². The van der Waals surface area contributed by atoms with Crippen molar-refractivity contribution in [2.24, 2.45) is 0 Å². The number of hydrogen-bond donors (Lipinski definition) is 0. The van der Waals surface area contributed by atoms with Crippen molar-refractivity contribution < 1.29 is 28.6 Å². The maximum absolute atomic E-state index is 12.8. The zero-order valence-corrected chi connectivity index (χ0v) is 41.8. The van der Waals surface area contributed by atoms with Crippen LogP contribution in [0.4, 0.5) is 0 Å². The van der Waals surface area contributed by atoms with E-state index in [0.717, 1.165) is 83.5 Å². The zero-order chi connectivity index (χ0) is 45.8. The van der Waals surface area contributed by atoms with Crippen molar-refractivity contribution in [3.05, 3.63) is 48.6 Å². The van der Waals surface area contributed by atoms with Gasteiger partial charge in [0.1, 0.15) is 13.2 Å². The first kappa shape index (κ1) is 60.4. The molecule has 0 bridgehead atoms. The van der Waals surface area contributed by atoms with Crippen molar-refractivity contribution in [2.45, 2.75) is 284 Å². The number of hydrogen-bond acceptors (Lipinski definition) is 6. The first-order valence-corrected chi connectivity index (χ1v) is 27.1. The van der Waals surface area contributed by atoms with Gasteiger partial charge in [0.15, 0.2) is 6.10 Å². The first-order valence-electron chi connectivity index (χ1n) is 27.1. The Bertz CT molecular complexity index is 1040. The molecule has 0 fully saturated rings. The van der Waals surface area contributed by atoms with Gasteiger partial charge in [0, 0.05) is 19.3 Å². The molecule has 0 aliphatic heterocycles. The number of esters is 3. The van der Waals surface area contributed by atoms with Gasteiger partial charge >= 0.3 is 17.9 Å². The molecule has 0 amide bonds. The van der Waals surface area contributed by atoms with Crippen LogP contribution in [0.1, 0.15) is 278 Å². The summed E-state index contributed by atoms with van der Waals surface area (Å²) in [6.07, 6.45) is 62.3. The van der Waals surface area contributed by atoms with Crippen LogP contribution in [-0.2, 0) is 28.6 Å². The summed E-state index contributed by atoms with van der Waals surface area (Å²) in [6, 6.07) is 0. The van der Waals surface area contributed by atoms with Crippen molar-refractivity contribution in [1.29, 1.82) is 0 Å². The number of ether oxygens (including phenoxy) is 3. The highest BCUT2D eigenvalue weighted by Gasteiger charge is 2.19. The first-order chi connectivity index (χ1) is 31.0. The van der Waals surface area contributed by atoms with Crippen molar-refractivity contribution in [3.63, 3.8) is 0 Å². The molecule has 0 heterocycles. The number of carbonyl (C=O) groups excluding carboxylic acids is 3. The van der Waals surface area contributed by atoms with Crippen LogP contribution < -0.4 is 0 Å². The van der Waals surface area contributed by atoms with E-state index < -0.39 is 6.10 Å². The van der Waals surface area contributed by atoms with Crippen molar-refractivity contribution >= 4 is 17.9 Å². The summed E-state index contributed by atoms with van der Waals surface area (Å²) >= 11 is 0. The minimum Gasteiger partial charge on any atom is -0.462 e. The minimum atomic E-state index is -0.776. The maximum Gasteiger partial charge on any atom is 0.306 e. The molecule has 0 unspecified atom stereocenters. The summed E-state index contributed by atoms with van der Waals surface area (Å²) in [4.78, 5) is 38.0. The molecule has 0 N–H and O–H groups in total. The Morgan fingerprint density at radius 3 is 0.905 bits per heavy atom. The average molecular weight is 883 g/mol. The number of allylic oxidation sites excluding steroid dienone is 8. The second-order valence-corrected chi connectivity index (χ2v) is 18.1. The molecule has 0 aromatic rings. The molecule has 6 nitrogen and oxygen atoms in total. The second-order valence-electron chi connectivity index (χ2n) is 18.1. The summed E-state index contributed by atoms with van der Waals surface area (Å²) < 4.78 is 16.8. The Labute approximate surface area is 390 Å². The Kier molecular flexibility index (Phi) is 49.8. The molecule has 63 heavy (non-hydrogen) atoms. The lowest BCUT2D eigenvalue weighted by Crippen LogP contribution is -2.30. The summed E-state index contributed by atoms with van der Waals surface area (Å²) in [7, 11) is 0. The third-order valence-electron chi connectivity index (χ3n) is 11.8. The molecule has 366 valence electrons. The molecule has 6 heteroatoms. The fourth-order valence-corrected chi connectivity index (χ4v) is 7.68. The number of rotatable bonds is 49. The predicted molar refractivity (Wildman–Crippen MR) is 270 cm³/mol. The van der Waals surface area contributed by atoms with Gasteiger partial charge in [-0.2, -0.15) is 0 Å². The van der Waals surface area contributed by atoms with Gasteiger partial charge in [0.25, 0.3) is 0 Å². The van der Waals surface area contributed by atoms with E-state index in [0.29, 0.717) is 19.3 Å². The fourth-order valence-electron chi connectivity index (χ4n) is 7.68. The average Bonchev–Trinajstić information content (AvgIpc) is 3.28. The molecular formula is C57H102O6.